The summed E-state index contributed by atoms with van der Waals surface area (Å²) in [5.74, 6) is -0.132. The third-order valence-corrected chi connectivity index (χ3v) is 6.24. The quantitative estimate of drug-likeness (QED) is 0.514. The summed E-state index contributed by atoms with van der Waals surface area (Å²) in [6, 6.07) is 19.4. The highest BCUT2D eigenvalue weighted by Gasteiger charge is 2.20. The molecule has 0 atom stereocenters. The molecule has 2 heterocycles. The van der Waals surface area contributed by atoms with Crippen LogP contribution in [0.25, 0.3) is 21.7 Å². The first-order chi connectivity index (χ1) is 15.5. The molecule has 5 rings (SSSR count). The van der Waals surface area contributed by atoms with E-state index in [4.69, 9.17) is 0 Å². The third-order valence-electron chi connectivity index (χ3n) is 6.24. The van der Waals surface area contributed by atoms with Crippen LogP contribution in [-0.2, 0) is 0 Å². The molecule has 0 bridgehead atoms. The van der Waals surface area contributed by atoms with Crippen LogP contribution in [0.1, 0.15) is 26.4 Å². The fourth-order valence-corrected chi connectivity index (χ4v) is 4.28. The average Bonchev–Trinajstić information content (AvgIpc) is 3.25. The van der Waals surface area contributed by atoms with Crippen molar-refractivity contribution in [2.75, 3.05) is 38.5 Å². The number of carbonyl (C=O) groups is 2. The number of nitrogens with one attached hydrogen (secondary N) is 2. The number of para-hydroxylation sites is 1. The first-order valence-corrected chi connectivity index (χ1v) is 10.9. The van der Waals surface area contributed by atoms with Gasteiger partial charge in [0.1, 0.15) is 5.69 Å². The van der Waals surface area contributed by atoms with Crippen molar-refractivity contribution in [3.63, 3.8) is 0 Å². The van der Waals surface area contributed by atoms with E-state index in [0.717, 1.165) is 53.4 Å². The number of aryl methyl sites for hydroxylation is 1. The molecule has 6 heteroatoms. The maximum atomic E-state index is 12.9. The Labute approximate surface area is 186 Å². The van der Waals surface area contributed by atoms with E-state index in [9.17, 15) is 9.59 Å². The molecule has 1 aliphatic rings. The molecular formula is C26H26N4O2. The van der Waals surface area contributed by atoms with Gasteiger partial charge in [-0.3, -0.25) is 9.59 Å². The monoisotopic (exact) mass is 426 g/mol. The Kier molecular flexibility index (Phi) is 5.15. The minimum absolute atomic E-state index is 0.0582. The zero-order chi connectivity index (χ0) is 22.2. The molecule has 2 amide bonds. The standard InChI is InChI=1S/C26H26N4O2/c1-17-4-3-5-19-16-23(28-24(17)19)25(31)27-22-9-8-18-6-7-20(14-21(18)15-22)26(32)30-12-10-29(2)11-13-30/h3-9,14-16,28H,10-13H2,1-2H3,(H,27,31). The van der Waals surface area contributed by atoms with E-state index in [-0.39, 0.29) is 11.8 Å². The minimum atomic E-state index is -0.190. The number of hydrogen-bond acceptors (Lipinski definition) is 3. The van der Waals surface area contributed by atoms with Crippen molar-refractivity contribution in [2.45, 2.75) is 6.92 Å². The van der Waals surface area contributed by atoms with Gasteiger partial charge in [0, 0.05) is 48.3 Å². The van der Waals surface area contributed by atoms with Crippen LogP contribution in [0.4, 0.5) is 5.69 Å². The van der Waals surface area contributed by atoms with Gasteiger partial charge in [-0.1, -0.05) is 30.3 Å². The molecule has 162 valence electrons. The maximum absolute atomic E-state index is 12.9. The average molecular weight is 427 g/mol. The largest absolute Gasteiger partial charge is 0.350 e. The predicted molar refractivity (Wildman–Crippen MR) is 128 cm³/mol. The second kappa shape index (κ2) is 8.13. The van der Waals surface area contributed by atoms with Crippen LogP contribution in [0, 0.1) is 6.92 Å². The summed E-state index contributed by atoms with van der Waals surface area (Å²) < 4.78 is 0. The smallest absolute Gasteiger partial charge is 0.272 e. The molecule has 0 radical (unpaired) electrons. The van der Waals surface area contributed by atoms with Gasteiger partial charge >= 0.3 is 0 Å². The Morgan fingerprint density at radius 1 is 0.875 bits per heavy atom. The van der Waals surface area contributed by atoms with Crippen LogP contribution >= 0.6 is 0 Å². The van der Waals surface area contributed by atoms with Crippen molar-refractivity contribution < 1.29 is 9.59 Å². The zero-order valence-electron chi connectivity index (χ0n) is 18.3. The molecular weight excluding hydrogens is 400 g/mol. The first kappa shape index (κ1) is 20.3. The number of benzene rings is 3. The van der Waals surface area contributed by atoms with Gasteiger partial charge in [0.15, 0.2) is 0 Å². The zero-order valence-corrected chi connectivity index (χ0v) is 18.3. The number of fused-ring (bicyclic) bond motifs is 2. The van der Waals surface area contributed by atoms with E-state index in [1.54, 1.807) is 0 Å². The van der Waals surface area contributed by atoms with Gasteiger partial charge in [0.05, 0.1) is 0 Å². The molecule has 0 saturated carbocycles. The Hall–Kier alpha value is -3.64. The van der Waals surface area contributed by atoms with E-state index in [0.29, 0.717) is 16.9 Å². The summed E-state index contributed by atoms with van der Waals surface area (Å²) >= 11 is 0. The maximum Gasteiger partial charge on any atom is 0.272 e. The number of likely N-dealkylation sites (N-methyl/N-ethyl adjacent to an activating group) is 1. The summed E-state index contributed by atoms with van der Waals surface area (Å²) in [6.07, 6.45) is 0. The van der Waals surface area contributed by atoms with Crippen LogP contribution in [0.5, 0.6) is 0 Å². The van der Waals surface area contributed by atoms with Gasteiger partial charge in [0.25, 0.3) is 11.8 Å². The normalized spacial score (nSPS) is 14.8. The summed E-state index contributed by atoms with van der Waals surface area (Å²) in [4.78, 5) is 33.1. The fourth-order valence-electron chi connectivity index (χ4n) is 4.28. The summed E-state index contributed by atoms with van der Waals surface area (Å²) in [5.41, 5.74) is 3.97. The molecule has 0 aliphatic carbocycles. The molecule has 0 spiro atoms. The van der Waals surface area contributed by atoms with Crippen LogP contribution in [0.15, 0.2) is 60.7 Å². The van der Waals surface area contributed by atoms with Crippen molar-refractivity contribution in [2.24, 2.45) is 0 Å². The van der Waals surface area contributed by atoms with Gasteiger partial charge in [0.2, 0.25) is 0 Å². The topological polar surface area (TPSA) is 68.4 Å². The molecule has 1 aromatic heterocycles. The van der Waals surface area contributed by atoms with Gasteiger partial charge in [-0.25, -0.2) is 0 Å². The second-order valence-corrected chi connectivity index (χ2v) is 8.55. The lowest BCUT2D eigenvalue weighted by molar-refractivity contribution is 0.0664. The Balaban J connectivity index is 1.38. The second-order valence-electron chi connectivity index (χ2n) is 8.55. The van der Waals surface area contributed by atoms with E-state index in [1.165, 1.54) is 0 Å². The highest BCUT2D eigenvalue weighted by atomic mass is 16.2. The number of amides is 2. The molecule has 4 aromatic rings. The number of aromatic nitrogens is 1. The van der Waals surface area contributed by atoms with E-state index < -0.39 is 0 Å². The van der Waals surface area contributed by atoms with Gasteiger partial charge in [-0.2, -0.15) is 0 Å². The van der Waals surface area contributed by atoms with Crippen LogP contribution in [0.2, 0.25) is 0 Å². The van der Waals surface area contributed by atoms with Crippen molar-refractivity contribution in [1.82, 2.24) is 14.8 Å². The van der Waals surface area contributed by atoms with Crippen LogP contribution in [-0.4, -0.2) is 59.8 Å². The number of anilines is 1. The van der Waals surface area contributed by atoms with Crippen LogP contribution in [0.3, 0.4) is 0 Å². The minimum Gasteiger partial charge on any atom is -0.350 e. The highest BCUT2D eigenvalue weighted by molar-refractivity contribution is 6.07. The number of nitrogens with zero attached hydrogens (tertiary/aromatic N) is 2. The lowest BCUT2D eigenvalue weighted by atomic mass is 10.0. The molecule has 1 saturated heterocycles. The highest BCUT2D eigenvalue weighted by Crippen LogP contribution is 2.23. The summed E-state index contributed by atoms with van der Waals surface area (Å²) in [6.45, 7) is 5.29. The number of piperazine rings is 1. The summed E-state index contributed by atoms with van der Waals surface area (Å²) in [5, 5.41) is 5.94. The Bertz CT molecular complexity index is 1330. The number of aromatic amines is 1. The van der Waals surface area contributed by atoms with E-state index in [2.05, 4.69) is 22.2 Å². The Morgan fingerprint density at radius 3 is 2.44 bits per heavy atom. The predicted octanol–water partition coefficient (Wildman–Crippen LogP) is 4.27. The van der Waals surface area contributed by atoms with Crippen molar-refractivity contribution >= 4 is 39.2 Å². The summed E-state index contributed by atoms with van der Waals surface area (Å²) in [7, 11) is 2.07. The number of hydrogen-bond donors (Lipinski definition) is 2. The van der Waals surface area contributed by atoms with Crippen molar-refractivity contribution in [1.29, 1.82) is 0 Å². The molecule has 0 unspecified atom stereocenters. The fraction of sp³-hybridized carbons (Fsp3) is 0.231. The third kappa shape index (κ3) is 3.85. The van der Waals surface area contributed by atoms with E-state index in [1.807, 2.05) is 72.5 Å². The van der Waals surface area contributed by atoms with Gasteiger partial charge in [-0.05, 0) is 60.6 Å². The number of H-pyrrole nitrogens is 1. The number of carbonyl (C=O) groups excluding carboxylic acids is 2. The number of rotatable bonds is 3. The van der Waals surface area contributed by atoms with Gasteiger partial charge < -0.3 is 20.1 Å². The molecule has 32 heavy (non-hydrogen) atoms. The molecule has 2 N–H and O–H groups in total. The lowest BCUT2D eigenvalue weighted by Gasteiger charge is -2.32. The van der Waals surface area contributed by atoms with Gasteiger partial charge in [-0.15, -0.1) is 0 Å². The lowest BCUT2D eigenvalue weighted by Crippen LogP contribution is -2.47. The molecule has 1 aliphatic heterocycles. The van der Waals surface area contributed by atoms with E-state index >= 15 is 0 Å². The molecule has 3 aromatic carbocycles. The Morgan fingerprint density at radius 2 is 1.66 bits per heavy atom. The molecule has 6 nitrogen and oxygen atoms in total. The first-order valence-electron chi connectivity index (χ1n) is 10.9. The van der Waals surface area contributed by atoms with Crippen LogP contribution < -0.4 is 5.32 Å². The SMILES string of the molecule is Cc1cccc2cc(C(=O)Nc3ccc4ccc(C(=O)N5CCN(C)CC5)cc4c3)[nH]c12. The van der Waals surface area contributed by atoms with Crippen molar-refractivity contribution in [3.8, 4) is 0 Å². The van der Waals surface area contributed by atoms with Crippen molar-refractivity contribution in [3.05, 3.63) is 77.5 Å². The molecule has 1 fully saturated rings.